The van der Waals surface area contributed by atoms with Gasteiger partial charge in [-0.2, -0.15) is 0 Å². The van der Waals surface area contributed by atoms with Gasteiger partial charge >= 0.3 is 0 Å². The quantitative estimate of drug-likeness (QED) is 0.341. The van der Waals surface area contributed by atoms with Crippen LogP contribution in [-0.4, -0.2) is 62.4 Å². The Balaban J connectivity index is 1.20. The van der Waals surface area contributed by atoms with Crippen molar-refractivity contribution in [1.29, 1.82) is 0 Å². The average molecular weight is 490 g/mol. The molecule has 34 heavy (non-hydrogen) atoms. The Morgan fingerprint density at radius 1 is 0.824 bits per heavy atom. The molecule has 6 nitrogen and oxygen atoms in total. The summed E-state index contributed by atoms with van der Waals surface area (Å²) < 4.78 is 2.12. The SMILES string of the molecule is O=C(CSc1nnc(-c2cccs2)n1Cc1ccccc1)N1CCN(Cc2ccccc2)CC1. The van der Waals surface area contributed by atoms with Crippen LogP contribution in [0.15, 0.2) is 83.3 Å². The Morgan fingerprint density at radius 3 is 2.15 bits per heavy atom. The normalized spacial score (nSPS) is 14.4. The van der Waals surface area contributed by atoms with Crippen LogP contribution in [0.25, 0.3) is 10.7 Å². The van der Waals surface area contributed by atoms with Crippen LogP contribution in [0.3, 0.4) is 0 Å². The van der Waals surface area contributed by atoms with Crippen LogP contribution >= 0.6 is 23.1 Å². The Kier molecular flexibility index (Phi) is 7.38. The molecule has 0 aliphatic carbocycles. The number of carbonyl (C=O) groups excluding carboxylic acids is 1. The first kappa shape index (κ1) is 22.8. The van der Waals surface area contributed by atoms with Crippen molar-refractivity contribution in [2.24, 2.45) is 0 Å². The molecule has 0 atom stereocenters. The lowest BCUT2D eigenvalue weighted by atomic mass is 10.2. The molecule has 174 valence electrons. The molecule has 0 bridgehead atoms. The molecule has 0 saturated carbocycles. The summed E-state index contributed by atoms with van der Waals surface area (Å²) >= 11 is 3.13. The first-order chi connectivity index (χ1) is 16.8. The monoisotopic (exact) mass is 489 g/mol. The van der Waals surface area contributed by atoms with Crippen LogP contribution in [0.2, 0.25) is 0 Å². The zero-order valence-electron chi connectivity index (χ0n) is 18.9. The summed E-state index contributed by atoms with van der Waals surface area (Å²) in [4.78, 5) is 18.4. The number of amides is 1. The van der Waals surface area contributed by atoms with Crippen LogP contribution in [0.4, 0.5) is 0 Å². The summed E-state index contributed by atoms with van der Waals surface area (Å²) in [5, 5.41) is 11.7. The number of thioether (sulfide) groups is 1. The van der Waals surface area contributed by atoms with Crippen molar-refractivity contribution in [3.8, 4) is 10.7 Å². The van der Waals surface area contributed by atoms with E-state index in [-0.39, 0.29) is 5.91 Å². The van der Waals surface area contributed by atoms with Crippen molar-refractivity contribution in [2.75, 3.05) is 31.9 Å². The lowest BCUT2D eigenvalue weighted by Crippen LogP contribution is -2.48. The molecule has 0 spiro atoms. The van der Waals surface area contributed by atoms with E-state index < -0.39 is 0 Å². The highest BCUT2D eigenvalue weighted by molar-refractivity contribution is 7.99. The van der Waals surface area contributed by atoms with Gasteiger partial charge in [0.2, 0.25) is 5.91 Å². The molecule has 1 saturated heterocycles. The van der Waals surface area contributed by atoms with E-state index in [4.69, 9.17) is 0 Å². The predicted octanol–water partition coefficient (Wildman–Crippen LogP) is 4.49. The molecule has 1 amide bonds. The van der Waals surface area contributed by atoms with Crippen LogP contribution < -0.4 is 0 Å². The molecular formula is C26H27N5OS2. The first-order valence-electron chi connectivity index (χ1n) is 11.4. The van der Waals surface area contributed by atoms with Crippen molar-refractivity contribution in [3.63, 3.8) is 0 Å². The maximum atomic E-state index is 13.0. The molecule has 0 radical (unpaired) electrons. The van der Waals surface area contributed by atoms with E-state index in [0.29, 0.717) is 12.3 Å². The molecular weight excluding hydrogens is 462 g/mol. The highest BCUT2D eigenvalue weighted by atomic mass is 32.2. The van der Waals surface area contributed by atoms with Crippen LogP contribution in [0, 0.1) is 0 Å². The maximum Gasteiger partial charge on any atom is 0.233 e. The third kappa shape index (κ3) is 5.58. The van der Waals surface area contributed by atoms with Gasteiger partial charge in [-0.25, -0.2) is 0 Å². The van der Waals surface area contributed by atoms with Gasteiger partial charge in [-0.05, 0) is 22.6 Å². The molecule has 8 heteroatoms. The van der Waals surface area contributed by atoms with Gasteiger partial charge in [0.15, 0.2) is 11.0 Å². The number of aromatic nitrogens is 3. The predicted molar refractivity (Wildman–Crippen MR) is 138 cm³/mol. The van der Waals surface area contributed by atoms with Crippen LogP contribution in [0.5, 0.6) is 0 Å². The van der Waals surface area contributed by atoms with E-state index in [9.17, 15) is 4.79 Å². The summed E-state index contributed by atoms with van der Waals surface area (Å²) in [6.45, 7) is 4.95. The number of benzene rings is 2. The van der Waals surface area contributed by atoms with E-state index in [0.717, 1.165) is 48.6 Å². The number of carbonyl (C=O) groups is 1. The van der Waals surface area contributed by atoms with Crippen LogP contribution in [-0.2, 0) is 17.9 Å². The Hall–Kier alpha value is -2.94. The number of thiophene rings is 1. The number of hydrogen-bond donors (Lipinski definition) is 0. The molecule has 1 aliphatic heterocycles. The number of hydrogen-bond acceptors (Lipinski definition) is 6. The van der Waals surface area contributed by atoms with Gasteiger partial charge < -0.3 is 4.90 Å². The fraction of sp³-hybridized carbons (Fsp3) is 0.269. The van der Waals surface area contributed by atoms with E-state index in [1.165, 1.54) is 22.9 Å². The van der Waals surface area contributed by atoms with Gasteiger partial charge in [-0.3, -0.25) is 14.3 Å². The topological polar surface area (TPSA) is 54.3 Å². The first-order valence-corrected chi connectivity index (χ1v) is 13.3. The Bertz CT molecular complexity index is 1190. The maximum absolute atomic E-state index is 13.0. The van der Waals surface area contributed by atoms with Gasteiger partial charge in [-0.15, -0.1) is 21.5 Å². The van der Waals surface area contributed by atoms with Gasteiger partial charge in [0.05, 0.1) is 17.2 Å². The molecule has 4 aromatic rings. The van der Waals surface area contributed by atoms with Crippen molar-refractivity contribution in [1.82, 2.24) is 24.6 Å². The second-order valence-corrected chi connectivity index (χ2v) is 10.2. The number of nitrogens with zero attached hydrogens (tertiary/aromatic N) is 5. The van der Waals surface area contributed by atoms with Gasteiger partial charge in [-0.1, -0.05) is 78.5 Å². The third-order valence-electron chi connectivity index (χ3n) is 5.94. The van der Waals surface area contributed by atoms with E-state index in [2.05, 4.69) is 62.1 Å². The van der Waals surface area contributed by atoms with E-state index in [1.807, 2.05) is 40.6 Å². The van der Waals surface area contributed by atoms with Crippen molar-refractivity contribution in [2.45, 2.75) is 18.2 Å². The molecule has 0 N–H and O–H groups in total. The zero-order chi connectivity index (χ0) is 23.2. The molecule has 0 unspecified atom stereocenters. The fourth-order valence-electron chi connectivity index (χ4n) is 4.11. The van der Waals surface area contributed by atoms with E-state index >= 15 is 0 Å². The molecule has 2 aromatic heterocycles. The van der Waals surface area contributed by atoms with Crippen molar-refractivity contribution >= 4 is 29.0 Å². The summed E-state index contributed by atoms with van der Waals surface area (Å²) in [5.41, 5.74) is 2.50. The smallest absolute Gasteiger partial charge is 0.233 e. The standard InChI is InChI=1S/C26H27N5OS2/c32-24(30-15-13-29(14-16-30)18-21-8-3-1-4-9-21)20-34-26-28-27-25(23-12-7-17-33-23)31(26)19-22-10-5-2-6-11-22/h1-12,17H,13-16,18-20H2. The molecule has 3 heterocycles. The summed E-state index contributed by atoms with van der Waals surface area (Å²) in [6.07, 6.45) is 0. The molecule has 1 aliphatic rings. The van der Waals surface area contributed by atoms with Gasteiger partial charge in [0.1, 0.15) is 0 Å². The highest BCUT2D eigenvalue weighted by Gasteiger charge is 2.23. The lowest BCUT2D eigenvalue weighted by molar-refractivity contribution is -0.130. The number of rotatable bonds is 8. The summed E-state index contributed by atoms with van der Waals surface area (Å²) in [5.74, 6) is 1.38. The minimum atomic E-state index is 0.163. The second kappa shape index (κ2) is 11.0. The number of piperazine rings is 1. The van der Waals surface area contributed by atoms with Crippen molar-refractivity contribution in [3.05, 3.63) is 89.3 Å². The Morgan fingerprint density at radius 2 is 1.50 bits per heavy atom. The summed E-state index contributed by atoms with van der Waals surface area (Å²) in [7, 11) is 0. The van der Waals surface area contributed by atoms with Crippen LogP contribution in [0.1, 0.15) is 11.1 Å². The van der Waals surface area contributed by atoms with Gasteiger partial charge in [0, 0.05) is 32.7 Å². The van der Waals surface area contributed by atoms with E-state index in [1.54, 1.807) is 11.3 Å². The minimum absolute atomic E-state index is 0.163. The zero-order valence-corrected chi connectivity index (χ0v) is 20.5. The van der Waals surface area contributed by atoms with Gasteiger partial charge in [0.25, 0.3) is 0 Å². The average Bonchev–Trinajstić information content (AvgIpc) is 3.54. The highest BCUT2D eigenvalue weighted by Crippen LogP contribution is 2.28. The molecule has 1 fully saturated rings. The van der Waals surface area contributed by atoms with Crippen molar-refractivity contribution < 1.29 is 4.79 Å². The fourth-order valence-corrected chi connectivity index (χ4v) is 5.66. The molecule has 2 aromatic carbocycles. The Labute approximate surface area is 208 Å². The minimum Gasteiger partial charge on any atom is -0.339 e. The molecule has 5 rings (SSSR count). The summed E-state index contributed by atoms with van der Waals surface area (Å²) in [6, 6.07) is 24.9. The lowest BCUT2D eigenvalue weighted by Gasteiger charge is -2.34. The largest absolute Gasteiger partial charge is 0.339 e. The third-order valence-corrected chi connectivity index (χ3v) is 7.76. The second-order valence-electron chi connectivity index (χ2n) is 8.29.